The maximum atomic E-state index is 12.3. The molecule has 144 valence electrons. The van der Waals surface area contributed by atoms with Crippen molar-refractivity contribution in [2.45, 2.75) is 25.3 Å². The number of likely N-dealkylation sites (tertiary alicyclic amines) is 1. The minimum atomic E-state index is -0.283. The third-order valence-electron chi connectivity index (χ3n) is 4.64. The zero-order valence-corrected chi connectivity index (χ0v) is 15.3. The Kier molecular flexibility index (Phi) is 7.01. The Morgan fingerprint density at radius 3 is 2.96 bits per heavy atom. The number of aromatic nitrogens is 1. The van der Waals surface area contributed by atoms with Crippen molar-refractivity contribution < 1.29 is 14.6 Å². The third kappa shape index (κ3) is 5.67. The highest BCUT2D eigenvalue weighted by Gasteiger charge is 2.21. The minimum absolute atomic E-state index is 0.172. The molecule has 1 aromatic heterocycles. The second-order valence-electron chi connectivity index (χ2n) is 6.54. The largest absolute Gasteiger partial charge is 0.454 e. The van der Waals surface area contributed by atoms with Crippen LogP contribution in [0.2, 0.25) is 0 Å². The number of hydrogen-bond donors (Lipinski definition) is 3. The average Bonchev–Trinajstić information content (AvgIpc) is 2.70. The number of urea groups is 1. The van der Waals surface area contributed by atoms with Gasteiger partial charge < -0.3 is 20.5 Å². The Morgan fingerprint density at radius 1 is 1.26 bits per heavy atom. The fourth-order valence-corrected chi connectivity index (χ4v) is 3.23. The second kappa shape index (κ2) is 9.89. The molecule has 1 aliphatic heterocycles. The summed E-state index contributed by atoms with van der Waals surface area (Å²) >= 11 is 0. The van der Waals surface area contributed by atoms with Crippen molar-refractivity contribution in [2.75, 3.05) is 31.6 Å². The molecule has 2 heterocycles. The number of amides is 2. The summed E-state index contributed by atoms with van der Waals surface area (Å²) in [5, 5.41) is 15.2. The molecule has 2 amide bonds. The molecular weight excluding hydrogens is 344 g/mol. The molecule has 7 heteroatoms. The van der Waals surface area contributed by atoms with E-state index < -0.39 is 0 Å². The van der Waals surface area contributed by atoms with Crippen LogP contribution in [0.15, 0.2) is 48.8 Å². The maximum absolute atomic E-state index is 12.3. The predicted octanol–water partition coefficient (Wildman–Crippen LogP) is 2.84. The lowest BCUT2D eigenvalue weighted by Gasteiger charge is -2.34. The summed E-state index contributed by atoms with van der Waals surface area (Å²) in [5.74, 6) is 1.16. The van der Waals surface area contributed by atoms with Gasteiger partial charge in [0.05, 0.1) is 18.5 Å². The molecule has 1 aliphatic rings. The second-order valence-corrected chi connectivity index (χ2v) is 6.54. The van der Waals surface area contributed by atoms with Crippen LogP contribution in [-0.4, -0.2) is 53.3 Å². The quantitative estimate of drug-likeness (QED) is 0.698. The van der Waals surface area contributed by atoms with Crippen molar-refractivity contribution in [3.05, 3.63) is 48.8 Å². The molecule has 0 aliphatic carbocycles. The summed E-state index contributed by atoms with van der Waals surface area (Å²) in [4.78, 5) is 18.5. The summed E-state index contributed by atoms with van der Waals surface area (Å²) in [5.41, 5.74) is 0.588. The number of ether oxygens (including phenoxy) is 1. The number of aliphatic hydroxyl groups excluding tert-OH is 1. The van der Waals surface area contributed by atoms with E-state index in [0.717, 1.165) is 32.4 Å². The lowest BCUT2D eigenvalue weighted by molar-refractivity contribution is 0.0917. The molecule has 27 heavy (non-hydrogen) atoms. The van der Waals surface area contributed by atoms with Crippen LogP contribution in [0, 0.1) is 0 Å². The van der Waals surface area contributed by atoms with Crippen molar-refractivity contribution in [2.24, 2.45) is 0 Å². The number of nitrogens with one attached hydrogen (secondary N) is 2. The molecule has 2 aromatic rings. The van der Waals surface area contributed by atoms with E-state index in [0.29, 0.717) is 23.7 Å². The molecule has 0 saturated carbocycles. The van der Waals surface area contributed by atoms with E-state index in [1.54, 1.807) is 36.7 Å². The number of anilines is 1. The average molecular weight is 370 g/mol. The van der Waals surface area contributed by atoms with Crippen molar-refractivity contribution in [3.63, 3.8) is 0 Å². The number of para-hydroxylation sites is 2. The van der Waals surface area contributed by atoms with Gasteiger partial charge in [-0.25, -0.2) is 4.79 Å². The predicted molar refractivity (Wildman–Crippen MR) is 104 cm³/mol. The van der Waals surface area contributed by atoms with Gasteiger partial charge in [0.25, 0.3) is 0 Å². The van der Waals surface area contributed by atoms with E-state index in [1.807, 2.05) is 12.1 Å². The summed E-state index contributed by atoms with van der Waals surface area (Å²) in [7, 11) is 0. The van der Waals surface area contributed by atoms with Crippen LogP contribution in [0.4, 0.5) is 10.5 Å². The van der Waals surface area contributed by atoms with Gasteiger partial charge in [-0.3, -0.25) is 9.88 Å². The van der Waals surface area contributed by atoms with Crippen LogP contribution in [0.3, 0.4) is 0 Å². The van der Waals surface area contributed by atoms with E-state index in [-0.39, 0.29) is 18.7 Å². The van der Waals surface area contributed by atoms with Crippen molar-refractivity contribution in [1.29, 1.82) is 0 Å². The lowest BCUT2D eigenvalue weighted by atomic mass is 10.0. The van der Waals surface area contributed by atoms with Crippen LogP contribution < -0.4 is 15.4 Å². The fraction of sp³-hybridized carbons (Fsp3) is 0.400. The molecule has 0 unspecified atom stereocenters. The summed E-state index contributed by atoms with van der Waals surface area (Å²) in [6, 6.07) is 10.8. The fourth-order valence-electron chi connectivity index (χ4n) is 3.23. The minimum Gasteiger partial charge on any atom is -0.454 e. The zero-order chi connectivity index (χ0) is 18.9. The van der Waals surface area contributed by atoms with Crippen LogP contribution in [-0.2, 0) is 0 Å². The lowest BCUT2D eigenvalue weighted by Crippen LogP contribution is -2.46. The number of pyridine rings is 1. The van der Waals surface area contributed by atoms with Crippen LogP contribution in [0.1, 0.15) is 19.3 Å². The van der Waals surface area contributed by atoms with E-state index in [2.05, 4.69) is 20.5 Å². The number of rotatable bonds is 7. The molecule has 0 radical (unpaired) electrons. The number of benzene rings is 1. The number of aliphatic hydroxyl groups is 1. The number of hydrogen-bond acceptors (Lipinski definition) is 5. The molecular formula is C20H26N4O3. The molecule has 0 spiro atoms. The summed E-state index contributed by atoms with van der Waals surface area (Å²) in [6.45, 7) is 2.39. The van der Waals surface area contributed by atoms with Crippen molar-refractivity contribution in [1.82, 2.24) is 15.2 Å². The number of nitrogens with zero attached hydrogens (tertiary/aromatic N) is 2. The Labute approximate surface area is 159 Å². The Balaban J connectivity index is 1.50. The van der Waals surface area contributed by atoms with Crippen molar-refractivity contribution in [3.8, 4) is 11.5 Å². The first-order valence-electron chi connectivity index (χ1n) is 9.33. The van der Waals surface area contributed by atoms with Crippen molar-refractivity contribution >= 4 is 11.7 Å². The van der Waals surface area contributed by atoms with Gasteiger partial charge >= 0.3 is 6.03 Å². The zero-order valence-electron chi connectivity index (χ0n) is 15.3. The smallest absolute Gasteiger partial charge is 0.319 e. The Morgan fingerprint density at radius 2 is 2.15 bits per heavy atom. The Hall–Kier alpha value is -2.64. The first kappa shape index (κ1) is 19.1. The Bertz CT molecular complexity index is 726. The molecule has 3 rings (SSSR count). The van der Waals surface area contributed by atoms with Crippen LogP contribution in [0.5, 0.6) is 11.5 Å². The number of carbonyl (C=O) groups excluding carboxylic acids is 1. The highest BCUT2D eigenvalue weighted by atomic mass is 16.5. The topological polar surface area (TPSA) is 86.7 Å². The highest BCUT2D eigenvalue weighted by molar-refractivity contribution is 5.90. The molecule has 1 aromatic carbocycles. The van der Waals surface area contributed by atoms with E-state index >= 15 is 0 Å². The van der Waals surface area contributed by atoms with E-state index in [9.17, 15) is 9.90 Å². The van der Waals surface area contributed by atoms with Crippen LogP contribution >= 0.6 is 0 Å². The van der Waals surface area contributed by atoms with Gasteiger partial charge in [0.15, 0.2) is 5.75 Å². The number of carbonyl (C=O) groups is 1. The van der Waals surface area contributed by atoms with E-state index in [1.165, 1.54) is 0 Å². The molecule has 1 saturated heterocycles. The molecule has 7 nitrogen and oxygen atoms in total. The highest BCUT2D eigenvalue weighted by Crippen LogP contribution is 2.28. The third-order valence-corrected chi connectivity index (χ3v) is 4.64. The molecule has 0 bridgehead atoms. The SMILES string of the molecule is O=C(NCCN1CCCC[C@@H]1CO)Nc1ccccc1Oc1cccnc1. The standard InChI is InChI=1S/C20H26N4O3/c25-15-16-6-3-4-12-24(16)13-11-22-20(26)23-18-8-1-2-9-19(18)27-17-7-5-10-21-14-17/h1-2,5,7-10,14,16,25H,3-4,6,11-13,15H2,(H2,22,23,26)/t16-/m1/s1. The summed E-state index contributed by atoms with van der Waals surface area (Å²) < 4.78 is 5.80. The first-order chi connectivity index (χ1) is 13.3. The summed E-state index contributed by atoms with van der Waals surface area (Å²) in [6.07, 6.45) is 6.61. The van der Waals surface area contributed by atoms with Gasteiger partial charge in [-0.15, -0.1) is 0 Å². The van der Waals surface area contributed by atoms with Gasteiger partial charge in [-0.2, -0.15) is 0 Å². The molecule has 3 N–H and O–H groups in total. The van der Waals surface area contributed by atoms with Gasteiger partial charge in [0.1, 0.15) is 5.75 Å². The van der Waals surface area contributed by atoms with Gasteiger partial charge in [0.2, 0.25) is 0 Å². The number of piperidine rings is 1. The van der Waals surface area contributed by atoms with Gasteiger partial charge in [0, 0.05) is 25.3 Å². The molecule has 1 atom stereocenters. The first-order valence-corrected chi connectivity index (χ1v) is 9.33. The molecule has 1 fully saturated rings. The van der Waals surface area contributed by atoms with Gasteiger partial charge in [-0.05, 0) is 43.7 Å². The van der Waals surface area contributed by atoms with Crippen LogP contribution in [0.25, 0.3) is 0 Å². The van der Waals surface area contributed by atoms with Gasteiger partial charge in [-0.1, -0.05) is 18.6 Å². The van der Waals surface area contributed by atoms with E-state index in [4.69, 9.17) is 4.74 Å². The monoisotopic (exact) mass is 370 g/mol. The maximum Gasteiger partial charge on any atom is 0.319 e. The normalized spacial score (nSPS) is 17.3.